The highest BCUT2D eigenvalue weighted by Gasteiger charge is 2.20. The first-order chi connectivity index (χ1) is 10.1. The molecule has 0 radical (unpaired) electrons. The minimum Gasteiger partial charge on any atom is -0.324 e. The van der Waals surface area contributed by atoms with Gasteiger partial charge in [-0.15, -0.1) is 0 Å². The summed E-state index contributed by atoms with van der Waals surface area (Å²) in [4.78, 5) is 13.8. The molecule has 0 saturated heterocycles. The van der Waals surface area contributed by atoms with E-state index in [0.717, 1.165) is 18.6 Å². The SMILES string of the molecule is CCCN(CC(=O)Nc1ccc(F)c(F)c1F)CC(C)(C)N. The van der Waals surface area contributed by atoms with Crippen LogP contribution in [0.2, 0.25) is 0 Å². The van der Waals surface area contributed by atoms with E-state index in [4.69, 9.17) is 5.73 Å². The summed E-state index contributed by atoms with van der Waals surface area (Å²) < 4.78 is 39.5. The van der Waals surface area contributed by atoms with Gasteiger partial charge in [0.2, 0.25) is 5.91 Å². The molecule has 0 spiro atoms. The van der Waals surface area contributed by atoms with Crippen molar-refractivity contribution in [3.63, 3.8) is 0 Å². The molecule has 0 fully saturated rings. The van der Waals surface area contributed by atoms with Gasteiger partial charge in [0.15, 0.2) is 17.5 Å². The Kier molecular flexibility index (Phi) is 6.37. The van der Waals surface area contributed by atoms with Crippen LogP contribution in [0.15, 0.2) is 12.1 Å². The monoisotopic (exact) mass is 317 g/mol. The summed E-state index contributed by atoms with van der Waals surface area (Å²) in [6.07, 6.45) is 0.822. The lowest BCUT2D eigenvalue weighted by atomic mass is 10.1. The average Bonchev–Trinajstić information content (AvgIpc) is 2.38. The van der Waals surface area contributed by atoms with Crippen LogP contribution in [0.4, 0.5) is 18.9 Å². The van der Waals surface area contributed by atoms with Gasteiger partial charge in [-0.3, -0.25) is 9.69 Å². The Hall–Kier alpha value is -1.60. The highest BCUT2D eigenvalue weighted by molar-refractivity contribution is 5.92. The number of hydrogen-bond acceptors (Lipinski definition) is 3. The number of nitrogens with one attached hydrogen (secondary N) is 1. The predicted octanol–water partition coefficient (Wildman–Crippen LogP) is 2.49. The molecule has 3 N–H and O–H groups in total. The number of nitrogens with two attached hydrogens (primary N) is 1. The van der Waals surface area contributed by atoms with Crippen molar-refractivity contribution in [3.05, 3.63) is 29.6 Å². The maximum atomic E-state index is 13.5. The normalized spacial score (nSPS) is 11.8. The Labute approximate surface area is 128 Å². The molecule has 124 valence electrons. The van der Waals surface area contributed by atoms with Crippen molar-refractivity contribution in [1.82, 2.24) is 4.90 Å². The number of nitrogens with zero attached hydrogens (tertiary/aromatic N) is 1. The fourth-order valence-electron chi connectivity index (χ4n) is 2.12. The van der Waals surface area contributed by atoms with Crippen LogP contribution in [0.25, 0.3) is 0 Å². The molecule has 1 aromatic carbocycles. The molecule has 1 rings (SSSR count). The molecule has 0 aliphatic heterocycles. The van der Waals surface area contributed by atoms with Gasteiger partial charge in [0.25, 0.3) is 0 Å². The first-order valence-corrected chi connectivity index (χ1v) is 7.08. The molecule has 0 heterocycles. The Morgan fingerprint density at radius 3 is 2.45 bits per heavy atom. The summed E-state index contributed by atoms with van der Waals surface area (Å²) in [6.45, 7) is 6.75. The Balaban J connectivity index is 2.73. The van der Waals surface area contributed by atoms with Gasteiger partial charge < -0.3 is 11.1 Å². The quantitative estimate of drug-likeness (QED) is 0.760. The number of halogens is 3. The zero-order chi connectivity index (χ0) is 16.9. The molecule has 4 nitrogen and oxygen atoms in total. The van der Waals surface area contributed by atoms with Crippen LogP contribution >= 0.6 is 0 Å². The third-order valence-corrected chi connectivity index (χ3v) is 2.85. The van der Waals surface area contributed by atoms with Gasteiger partial charge in [0.1, 0.15) is 0 Å². The first kappa shape index (κ1) is 18.4. The molecule has 0 atom stereocenters. The third kappa shape index (κ3) is 5.65. The number of benzene rings is 1. The molecule has 0 aliphatic carbocycles. The van der Waals surface area contributed by atoms with Gasteiger partial charge in [0, 0.05) is 12.1 Å². The molecule has 1 aromatic rings. The molecule has 0 aliphatic rings. The maximum absolute atomic E-state index is 13.5. The fourth-order valence-corrected chi connectivity index (χ4v) is 2.12. The maximum Gasteiger partial charge on any atom is 0.238 e. The number of amides is 1. The summed E-state index contributed by atoms with van der Waals surface area (Å²) in [5.41, 5.74) is 5.07. The van der Waals surface area contributed by atoms with E-state index in [9.17, 15) is 18.0 Å². The Bertz CT molecular complexity index is 529. The molecular weight excluding hydrogens is 295 g/mol. The van der Waals surface area contributed by atoms with Crippen LogP contribution in [0.1, 0.15) is 27.2 Å². The van der Waals surface area contributed by atoms with Crippen LogP contribution in [0.5, 0.6) is 0 Å². The minimum atomic E-state index is -1.61. The van der Waals surface area contributed by atoms with E-state index in [-0.39, 0.29) is 12.2 Å². The van der Waals surface area contributed by atoms with Gasteiger partial charge in [-0.1, -0.05) is 6.92 Å². The molecule has 1 amide bonds. The minimum absolute atomic E-state index is 0.00704. The van der Waals surface area contributed by atoms with E-state index in [2.05, 4.69) is 5.32 Å². The summed E-state index contributed by atoms with van der Waals surface area (Å²) in [7, 11) is 0. The topological polar surface area (TPSA) is 58.4 Å². The summed E-state index contributed by atoms with van der Waals surface area (Å²) >= 11 is 0. The zero-order valence-electron chi connectivity index (χ0n) is 13.0. The van der Waals surface area contributed by atoms with E-state index < -0.39 is 28.9 Å². The van der Waals surface area contributed by atoms with Gasteiger partial charge in [-0.25, -0.2) is 13.2 Å². The number of rotatable bonds is 7. The standard InChI is InChI=1S/C15H22F3N3O/c1-4-7-21(9-15(2,3)19)8-12(22)20-11-6-5-10(16)13(17)14(11)18/h5-6H,4,7-9,19H2,1-3H3,(H,20,22). The van der Waals surface area contributed by atoms with Gasteiger partial charge in [0.05, 0.1) is 12.2 Å². The Morgan fingerprint density at radius 2 is 1.91 bits per heavy atom. The number of anilines is 1. The van der Waals surface area contributed by atoms with Crippen molar-refractivity contribution in [2.45, 2.75) is 32.7 Å². The average molecular weight is 317 g/mol. The van der Waals surface area contributed by atoms with E-state index >= 15 is 0 Å². The first-order valence-electron chi connectivity index (χ1n) is 7.08. The highest BCUT2D eigenvalue weighted by Crippen LogP contribution is 2.19. The number of carbonyl (C=O) groups excluding carboxylic acids is 1. The summed E-state index contributed by atoms with van der Waals surface area (Å²) in [6, 6.07) is 1.75. The van der Waals surface area contributed by atoms with Crippen LogP contribution < -0.4 is 11.1 Å². The van der Waals surface area contributed by atoms with Gasteiger partial charge in [-0.2, -0.15) is 0 Å². The van der Waals surface area contributed by atoms with Gasteiger partial charge in [-0.05, 0) is 38.9 Å². The van der Waals surface area contributed by atoms with Crippen LogP contribution in [0, 0.1) is 17.5 Å². The van der Waals surface area contributed by atoms with Crippen LogP contribution in [0.3, 0.4) is 0 Å². The smallest absolute Gasteiger partial charge is 0.238 e. The lowest BCUT2D eigenvalue weighted by Gasteiger charge is -2.29. The molecule has 7 heteroatoms. The molecule has 0 unspecified atom stereocenters. The van der Waals surface area contributed by atoms with E-state index in [0.29, 0.717) is 13.1 Å². The lowest BCUT2D eigenvalue weighted by molar-refractivity contribution is -0.117. The van der Waals surface area contributed by atoms with Crippen molar-refractivity contribution in [1.29, 1.82) is 0 Å². The lowest BCUT2D eigenvalue weighted by Crippen LogP contribution is -2.47. The van der Waals surface area contributed by atoms with E-state index in [1.165, 1.54) is 0 Å². The van der Waals surface area contributed by atoms with E-state index in [1.54, 1.807) is 0 Å². The fraction of sp³-hybridized carbons (Fsp3) is 0.533. The largest absolute Gasteiger partial charge is 0.324 e. The highest BCUT2D eigenvalue weighted by atomic mass is 19.2. The van der Waals surface area contributed by atoms with Crippen LogP contribution in [-0.4, -0.2) is 36.0 Å². The Morgan fingerprint density at radius 1 is 1.27 bits per heavy atom. The van der Waals surface area contributed by atoms with Crippen molar-refractivity contribution in [2.24, 2.45) is 5.73 Å². The van der Waals surface area contributed by atoms with Crippen molar-refractivity contribution >= 4 is 11.6 Å². The predicted molar refractivity (Wildman–Crippen MR) is 79.9 cm³/mol. The molecule has 0 saturated carbocycles. The molecule has 0 aromatic heterocycles. The molecule has 22 heavy (non-hydrogen) atoms. The van der Waals surface area contributed by atoms with Crippen molar-refractivity contribution in [3.8, 4) is 0 Å². The molecule has 0 bridgehead atoms. The summed E-state index contributed by atoms with van der Waals surface area (Å²) in [5.74, 6) is -4.82. The van der Waals surface area contributed by atoms with Crippen molar-refractivity contribution in [2.75, 3.05) is 25.0 Å². The number of hydrogen-bond donors (Lipinski definition) is 2. The van der Waals surface area contributed by atoms with Crippen LogP contribution in [-0.2, 0) is 4.79 Å². The second kappa shape index (κ2) is 7.60. The van der Waals surface area contributed by atoms with E-state index in [1.807, 2.05) is 25.7 Å². The second-order valence-corrected chi connectivity index (χ2v) is 5.97. The van der Waals surface area contributed by atoms with Gasteiger partial charge >= 0.3 is 0 Å². The number of carbonyl (C=O) groups is 1. The zero-order valence-corrected chi connectivity index (χ0v) is 13.0. The summed E-state index contributed by atoms with van der Waals surface area (Å²) in [5, 5.41) is 2.25. The van der Waals surface area contributed by atoms with Crippen molar-refractivity contribution < 1.29 is 18.0 Å². The third-order valence-electron chi connectivity index (χ3n) is 2.85. The molecular formula is C15H22F3N3O. The second-order valence-electron chi connectivity index (χ2n) is 5.97.